The van der Waals surface area contributed by atoms with Gasteiger partial charge in [0.25, 0.3) is 0 Å². The molecule has 0 aliphatic heterocycles. The summed E-state index contributed by atoms with van der Waals surface area (Å²) in [6.07, 6.45) is 6.79. The average molecular weight is 172 g/mol. The van der Waals surface area contributed by atoms with Crippen LogP contribution in [-0.4, -0.2) is 11.2 Å². The summed E-state index contributed by atoms with van der Waals surface area (Å²) in [4.78, 5) is 0. The molecule has 0 aromatic heterocycles. The maximum absolute atomic E-state index is 9.58. The van der Waals surface area contributed by atoms with Crippen molar-refractivity contribution in [2.24, 2.45) is 5.92 Å². The molecular weight excluding hydrogens is 148 g/mol. The largest absolute Gasteiger partial charge is 0.393 e. The van der Waals surface area contributed by atoms with Crippen LogP contribution in [0.3, 0.4) is 0 Å². The number of hydrogen-bond donors (Lipinski definition) is 1. The van der Waals surface area contributed by atoms with E-state index in [4.69, 9.17) is 0 Å². The molecule has 0 spiro atoms. The van der Waals surface area contributed by atoms with Gasteiger partial charge >= 0.3 is 0 Å². The predicted molar refractivity (Wildman–Crippen MR) is 54.2 cm³/mol. The summed E-state index contributed by atoms with van der Waals surface area (Å²) in [7, 11) is 0. The summed E-state index contributed by atoms with van der Waals surface area (Å²) >= 11 is 0. The zero-order chi connectivity index (χ0) is 9.40. The fraction of sp³-hybridized carbons (Fsp3) is 1.00. The molecule has 2 atom stereocenters. The van der Waals surface area contributed by atoms with Gasteiger partial charge in [0, 0.05) is 0 Å². The SMILES string of the molecule is CCCCC(O)CC(C)CCC. The number of aliphatic hydroxyl groups is 1. The lowest BCUT2D eigenvalue weighted by Gasteiger charge is -2.15. The zero-order valence-corrected chi connectivity index (χ0v) is 8.84. The van der Waals surface area contributed by atoms with Crippen LogP contribution in [0.2, 0.25) is 0 Å². The molecule has 1 N–H and O–H groups in total. The molecule has 74 valence electrons. The molecule has 0 heterocycles. The molecule has 0 aromatic rings. The summed E-state index contributed by atoms with van der Waals surface area (Å²) in [5.41, 5.74) is 0. The molecule has 0 saturated heterocycles. The molecule has 0 amide bonds. The molecule has 1 heteroatoms. The van der Waals surface area contributed by atoms with Crippen molar-refractivity contribution in [3.63, 3.8) is 0 Å². The van der Waals surface area contributed by atoms with E-state index < -0.39 is 0 Å². The number of unbranched alkanes of at least 4 members (excludes halogenated alkanes) is 1. The highest BCUT2D eigenvalue weighted by molar-refractivity contribution is 4.61. The lowest BCUT2D eigenvalue weighted by molar-refractivity contribution is 0.131. The van der Waals surface area contributed by atoms with Gasteiger partial charge < -0.3 is 5.11 Å². The Morgan fingerprint density at radius 3 is 2.25 bits per heavy atom. The van der Waals surface area contributed by atoms with Crippen molar-refractivity contribution in [2.45, 2.75) is 65.4 Å². The monoisotopic (exact) mass is 172 g/mol. The highest BCUT2D eigenvalue weighted by atomic mass is 16.3. The molecule has 0 saturated carbocycles. The third-order valence-corrected chi connectivity index (χ3v) is 2.35. The minimum atomic E-state index is -0.0495. The number of aliphatic hydroxyl groups excluding tert-OH is 1. The van der Waals surface area contributed by atoms with Gasteiger partial charge in [-0.1, -0.05) is 46.5 Å². The third-order valence-electron chi connectivity index (χ3n) is 2.35. The molecule has 2 unspecified atom stereocenters. The normalized spacial score (nSPS) is 16.0. The van der Waals surface area contributed by atoms with Crippen LogP contribution in [0.1, 0.15) is 59.3 Å². The quantitative estimate of drug-likeness (QED) is 0.624. The predicted octanol–water partition coefficient (Wildman–Crippen LogP) is 3.36. The van der Waals surface area contributed by atoms with Crippen LogP contribution in [0, 0.1) is 5.92 Å². The van der Waals surface area contributed by atoms with Crippen LogP contribution in [0.15, 0.2) is 0 Å². The highest BCUT2D eigenvalue weighted by Crippen LogP contribution is 2.15. The molecule has 0 bridgehead atoms. The standard InChI is InChI=1S/C11H24O/c1-4-6-8-11(12)9-10(3)7-5-2/h10-12H,4-9H2,1-3H3. The van der Waals surface area contributed by atoms with Gasteiger partial charge in [-0.2, -0.15) is 0 Å². The van der Waals surface area contributed by atoms with E-state index in [9.17, 15) is 5.11 Å². The molecule has 0 radical (unpaired) electrons. The van der Waals surface area contributed by atoms with Gasteiger partial charge in [0.05, 0.1) is 6.10 Å². The molecule has 0 aliphatic carbocycles. The Balaban J connectivity index is 3.33. The van der Waals surface area contributed by atoms with Crippen molar-refractivity contribution < 1.29 is 5.11 Å². The lowest BCUT2D eigenvalue weighted by Crippen LogP contribution is -2.11. The summed E-state index contributed by atoms with van der Waals surface area (Å²) in [5.74, 6) is 0.696. The zero-order valence-electron chi connectivity index (χ0n) is 8.84. The van der Waals surface area contributed by atoms with E-state index >= 15 is 0 Å². The topological polar surface area (TPSA) is 20.2 Å². The van der Waals surface area contributed by atoms with Crippen molar-refractivity contribution in [1.82, 2.24) is 0 Å². The Morgan fingerprint density at radius 1 is 1.08 bits per heavy atom. The van der Waals surface area contributed by atoms with Crippen molar-refractivity contribution in [3.8, 4) is 0 Å². The van der Waals surface area contributed by atoms with Crippen molar-refractivity contribution >= 4 is 0 Å². The minimum absolute atomic E-state index is 0.0495. The minimum Gasteiger partial charge on any atom is -0.393 e. The summed E-state index contributed by atoms with van der Waals surface area (Å²) in [5, 5.41) is 9.58. The van der Waals surface area contributed by atoms with Gasteiger partial charge in [-0.15, -0.1) is 0 Å². The van der Waals surface area contributed by atoms with Gasteiger partial charge in [-0.3, -0.25) is 0 Å². The van der Waals surface area contributed by atoms with Crippen LogP contribution in [0.4, 0.5) is 0 Å². The average Bonchev–Trinajstić information content (AvgIpc) is 2.01. The van der Waals surface area contributed by atoms with Crippen LogP contribution >= 0.6 is 0 Å². The molecule has 0 fully saturated rings. The van der Waals surface area contributed by atoms with Crippen LogP contribution in [0.5, 0.6) is 0 Å². The molecule has 0 aliphatic rings. The summed E-state index contributed by atoms with van der Waals surface area (Å²) in [6.45, 7) is 6.61. The van der Waals surface area contributed by atoms with E-state index in [1.54, 1.807) is 0 Å². The fourth-order valence-corrected chi connectivity index (χ4v) is 1.63. The Hall–Kier alpha value is -0.0400. The second-order valence-corrected chi connectivity index (χ2v) is 3.93. The smallest absolute Gasteiger partial charge is 0.0542 e. The van der Waals surface area contributed by atoms with Gasteiger partial charge in [0.1, 0.15) is 0 Å². The van der Waals surface area contributed by atoms with E-state index in [1.807, 2.05) is 0 Å². The first-order chi connectivity index (χ1) is 5.70. The Labute approximate surface area is 77.2 Å². The van der Waals surface area contributed by atoms with Gasteiger partial charge in [0.15, 0.2) is 0 Å². The molecule has 1 nitrogen and oxygen atoms in total. The van der Waals surface area contributed by atoms with Gasteiger partial charge in [-0.25, -0.2) is 0 Å². The summed E-state index contributed by atoms with van der Waals surface area (Å²) < 4.78 is 0. The lowest BCUT2D eigenvalue weighted by atomic mass is 9.96. The maximum atomic E-state index is 9.58. The van der Waals surface area contributed by atoms with E-state index in [0.29, 0.717) is 5.92 Å². The second kappa shape index (κ2) is 7.60. The molecule has 12 heavy (non-hydrogen) atoms. The highest BCUT2D eigenvalue weighted by Gasteiger charge is 2.08. The number of rotatable bonds is 7. The fourth-order valence-electron chi connectivity index (χ4n) is 1.63. The Morgan fingerprint density at radius 2 is 1.75 bits per heavy atom. The van der Waals surface area contributed by atoms with Crippen molar-refractivity contribution in [2.75, 3.05) is 0 Å². The Bertz CT molecular complexity index is 91.0. The number of hydrogen-bond acceptors (Lipinski definition) is 1. The van der Waals surface area contributed by atoms with Crippen molar-refractivity contribution in [3.05, 3.63) is 0 Å². The van der Waals surface area contributed by atoms with E-state index in [-0.39, 0.29) is 6.10 Å². The first-order valence-corrected chi connectivity index (χ1v) is 5.38. The van der Waals surface area contributed by atoms with Gasteiger partial charge in [-0.05, 0) is 18.8 Å². The first-order valence-electron chi connectivity index (χ1n) is 5.38. The van der Waals surface area contributed by atoms with Crippen LogP contribution in [0.25, 0.3) is 0 Å². The van der Waals surface area contributed by atoms with Crippen LogP contribution in [-0.2, 0) is 0 Å². The van der Waals surface area contributed by atoms with Crippen molar-refractivity contribution in [1.29, 1.82) is 0 Å². The molecule has 0 rings (SSSR count). The van der Waals surface area contributed by atoms with E-state index in [1.165, 1.54) is 25.7 Å². The maximum Gasteiger partial charge on any atom is 0.0542 e. The van der Waals surface area contributed by atoms with E-state index in [0.717, 1.165) is 12.8 Å². The Kier molecular flexibility index (Phi) is 7.58. The summed E-state index contributed by atoms with van der Waals surface area (Å²) in [6, 6.07) is 0. The van der Waals surface area contributed by atoms with Gasteiger partial charge in [0.2, 0.25) is 0 Å². The molecule has 0 aromatic carbocycles. The second-order valence-electron chi connectivity index (χ2n) is 3.93. The first kappa shape index (κ1) is 12.0. The molecular formula is C11H24O. The van der Waals surface area contributed by atoms with E-state index in [2.05, 4.69) is 20.8 Å². The third kappa shape index (κ3) is 6.66. The van der Waals surface area contributed by atoms with Crippen LogP contribution < -0.4 is 0 Å².